The first-order chi connectivity index (χ1) is 20.4. The van der Waals surface area contributed by atoms with Gasteiger partial charge in [-0.3, -0.25) is 9.59 Å². The molecule has 0 aliphatic heterocycles. The van der Waals surface area contributed by atoms with Gasteiger partial charge in [-0.2, -0.15) is 0 Å². The van der Waals surface area contributed by atoms with E-state index in [0.717, 1.165) is 10.9 Å². The van der Waals surface area contributed by atoms with Crippen molar-refractivity contribution in [3.05, 3.63) is 108 Å². The SMILES string of the molecule is O=C([O-])CCc1ccccc1NC(=O)[C@H](CCCNC(=O)OCc1ccccc1)NC(=O)c1ccc2ccccc2n1.[Na+]. The number of hydrogen-bond acceptors (Lipinski definition) is 7. The van der Waals surface area contributed by atoms with E-state index < -0.39 is 29.9 Å². The van der Waals surface area contributed by atoms with Crippen molar-refractivity contribution in [2.24, 2.45) is 0 Å². The largest absolute Gasteiger partial charge is 1.00 e. The van der Waals surface area contributed by atoms with E-state index in [4.69, 9.17) is 4.74 Å². The Hall–Kier alpha value is -4.25. The van der Waals surface area contributed by atoms with Crippen LogP contribution in [0.5, 0.6) is 0 Å². The van der Waals surface area contributed by atoms with Gasteiger partial charge in [-0.05, 0) is 55.0 Å². The van der Waals surface area contributed by atoms with Gasteiger partial charge in [0.2, 0.25) is 5.91 Å². The van der Waals surface area contributed by atoms with Gasteiger partial charge in [0.15, 0.2) is 0 Å². The molecule has 11 heteroatoms. The topological polar surface area (TPSA) is 150 Å². The summed E-state index contributed by atoms with van der Waals surface area (Å²) in [7, 11) is 0. The third-order valence-corrected chi connectivity index (χ3v) is 6.48. The molecule has 3 N–H and O–H groups in total. The van der Waals surface area contributed by atoms with Crippen LogP contribution in [-0.4, -0.2) is 41.4 Å². The third kappa shape index (κ3) is 10.5. The molecule has 0 aliphatic rings. The minimum absolute atomic E-state index is 0. The maximum Gasteiger partial charge on any atom is 1.00 e. The van der Waals surface area contributed by atoms with Crippen LogP contribution in [0.2, 0.25) is 0 Å². The molecule has 3 aromatic carbocycles. The quantitative estimate of drug-likeness (QED) is 0.150. The summed E-state index contributed by atoms with van der Waals surface area (Å²) in [4.78, 5) is 54.0. The Morgan fingerprint density at radius 1 is 0.860 bits per heavy atom. The fraction of sp³-hybridized carbons (Fsp3) is 0.219. The van der Waals surface area contributed by atoms with Crippen LogP contribution in [0.15, 0.2) is 91.0 Å². The minimum Gasteiger partial charge on any atom is -0.550 e. The van der Waals surface area contributed by atoms with E-state index in [0.29, 0.717) is 23.2 Å². The van der Waals surface area contributed by atoms with E-state index >= 15 is 0 Å². The number of aryl methyl sites for hydroxylation is 1. The first kappa shape index (κ1) is 33.3. The van der Waals surface area contributed by atoms with Crippen molar-refractivity contribution in [1.29, 1.82) is 0 Å². The van der Waals surface area contributed by atoms with Crippen LogP contribution in [-0.2, 0) is 27.4 Å². The molecule has 0 spiro atoms. The molecule has 1 aromatic heterocycles. The Bertz CT molecular complexity index is 1550. The molecule has 0 saturated heterocycles. The summed E-state index contributed by atoms with van der Waals surface area (Å²) in [6, 6.07) is 25.9. The molecular formula is C32H31N4NaO6. The molecule has 1 heterocycles. The molecule has 0 unspecified atom stereocenters. The predicted octanol–water partition coefficient (Wildman–Crippen LogP) is 0.365. The Kier molecular flexibility index (Phi) is 13.2. The number of carboxylic acid groups (broad SMARTS) is 1. The molecule has 4 rings (SSSR count). The second-order valence-electron chi connectivity index (χ2n) is 9.56. The number of benzene rings is 3. The molecule has 4 aromatic rings. The van der Waals surface area contributed by atoms with E-state index in [1.165, 1.54) is 0 Å². The fourth-order valence-electron chi connectivity index (χ4n) is 4.28. The van der Waals surface area contributed by atoms with Crippen molar-refractivity contribution in [3.63, 3.8) is 0 Å². The Balaban J connectivity index is 0.00000506. The molecule has 0 radical (unpaired) electrons. The van der Waals surface area contributed by atoms with E-state index in [1.807, 2.05) is 48.5 Å². The second-order valence-corrected chi connectivity index (χ2v) is 9.56. The number of hydrogen-bond donors (Lipinski definition) is 3. The first-order valence-corrected chi connectivity index (χ1v) is 13.6. The number of anilines is 1. The van der Waals surface area contributed by atoms with E-state index in [2.05, 4.69) is 20.9 Å². The number of nitrogens with zero attached hydrogens (tertiary/aromatic N) is 1. The van der Waals surface area contributed by atoms with Gasteiger partial charge < -0.3 is 30.6 Å². The smallest absolute Gasteiger partial charge is 0.550 e. The number of alkyl carbamates (subject to hydrolysis) is 1. The normalized spacial score (nSPS) is 11.1. The summed E-state index contributed by atoms with van der Waals surface area (Å²) >= 11 is 0. The molecule has 1 atom stereocenters. The molecule has 0 fully saturated rings. The number of para-hydroxylation sites is 2. The Morgan fingerprint density at radius 2 is 1.58 bits per heavy atom. The number of aliphatic carboxylic acids is 1. The van der Waals surface area contributed by atoms with E-state index in [9.17, 15) is 24.3 Å². The summed E-state index contributed by atoms with van der Waals surface area (Å²) in [6.07, 6.45) is -0.0636. The zero-order valence-electron chi connectivity index (χ0n) is 23.9. The van der Waals surface area contributed by atoms with Gasteiger partial charge in [0, 0.05) is 23.6 Å². The monoisotopic (exact) mass is 590 g/mol. The summed E-state index contributed by atoms with van der Waals surface area (Å²) in [5.74, 6) is -2.21. The van der Waals surface area contributed by atoms with Crippen LogP contribution >= 0.6 is 0 Å². The number of amides is 3. The molecule has 10 nitrogen and oxygen atoms in total. The zero-order chi connectivity index (χ0) is 29.7. The number of nitrogens with one attached hydrogen (secondary N) is 3. The van der Waals surface area contributed by atoms with Crippen molar-refractivity contribution in [2.45, 2.75) is 38.3 Å². The van der Waals surface area contributed by atoms with Crippen molar-refractivity contribution in [3.8, 4) is 0 Å². The number of rotatable bonds is 13. The van der Waals surface area contributed by atoms with Crippen molar-refractivity contribution >= 4 is 40.5 Å². The maximum atomic E-state index is 13.4. The summed E-state index contributed by atoms with van der Waals surface area (Å²) in [5, 5.41) is 20.1. The standard InChI is InChI=1S/C32H32N4O6.Na/c37-29(38)19-17-24-12-5-7-14-26(24)35-30(39)27(15-8-20-33-32(41)42-21-22-9-2-1-3-10-22)36-31(40)28-18-16-23-11-4-6-13-25(23)34-28;/h1-7,9-14,16,18,27H,8,15,17,19-21H2,(H,33,41)(H,35,39)(H,36,40)(H,37,38);/q;+1/p-1/t27-;/m0./s1. The molecule has 0 bridgehead atoms. The minimum atomic E-state index is -1.20. The molecular weight excluding hydrogens is 559 g/mol. The third-order valence-electron chi connectivity index (χ3n) is 6.48. The Labute approximate surface area is 271 Å². The zero-order valence-corrected chi connectivity index (χ0v) is 25.9. The van der Waals surface area contributed by atoms with Gasteiger partial charge >= 0.3 is 35.7 Å². The summed E-state index contributed by atoms with van der Waals surface area (Å²) in [6.45, 7) is 0.341. The first-order valence-electron chi connectivity index (χ1n) is 13.6. The van der Waals surface area contributed by atoms with Gasteiger partial charge in [-0.15, -0.1) is 0 Å². The predicted molar refractivity (Wildman–Crippen MR) is 155 cm³/mol. The van der Waals surface area contributed by atoms with Crippen LogP contribution in [0.1, 0.15) is 40.9 Å². The second kappa shape index (κ2) is 17.0. The summed E-state index contributed by atoms with van der Waals surface area (Å²) < 4.78 is 5.22. The summed E-state index contributed by atoms with van der Waals surface area (Å²) in [5.41, 5.74) is 2.72. The van der Waals surface area contributed by atoms with Crippen LogP contribution in [0.3, 0.4) is 0 Å². The van der Waals surface area contributed by atoms with Crippen molar-refractivity contribution in [2.75, 3.05) is 11.9 Å². The molecule has 0 aliphatic carbocycles. The molecule has 43 heavy (non-hydrogen) atoms. The van der Waals surface area contributed by atoms with Crippen molar-refractivity contribution < 1.29 is 58.6 Å². The van der Waals surface area contributed by atoms with Crippen LogP contribution in [0, 0.1) is 0 Å². The average Bonchev–Trinajstić information content (AvgIpc) is 3.01. The number of carbonyl (C=O) groups excluding carboxylic acids is 4. The number of carboxylic acids is 1. The number of fused-ring (bicyclic) bond motifs is 1. The van der Waals surface area contributed by atoms with Gasteiger partial charge in [-0.25, -0.2) is 9.78 Å². The number of carbonyl (C=O) groups is 4. The average molecular weight is 591 g/mol. The van der Waals surface area contributed by atoms with Gasteiger partial charge in [-0.1, -0.05) is 72.8 Å². The fourth-order valence-corrected chi connectivity index (χ4v) is 4.28. The van der Waals surface area contributed by atoms with Crippen molar-refractivity contribution in [1.82, 2.24) is 15.6 Å². The van der Waals surface area contributed by atoms with Crippen LogP contribution in [0.4, 0.5) is 10.5 Å². The van der Waals surface area contributed by atoms with Gasteiger partial charge in [0.1, 0.15) is 18.3 Å². The molecule has 216 valence electrons. The Morgan fingerprint density at radius 3 is 2.37 bits per heavy atom. The van der Waals surface area contributed by atoms with E-state index in [-0.39, 0.29) is 67.7 Å². The van der Waals surface area contributed by atoms with Gasteiger partial charge in [0.25, 0.3) is 5.91 Å². The van der Waals surface area contributed by atoms with Gasteiger partial charge in [0.05, 0.1) is 5.52 Å². The molecule has 0 saturated carbocycles. The number of pyridine rings is 1. The maximum absolute atomic E-state index is 13.4. The van der Waals surface area contributed by atoms with Crippen LogP contribution < -0.4 is 50.6 Å². The molecule has 3 amide bonds. The number of aromatic nitrogens is 1. The van der Waals surface area contributed by atoms with Crippen LogP contribution in [0.25, 0.3) is 10.9 Å². The number of ether oxygens (including phenoxy) is 1. The van der Waals surface area contributed by atoms with E-state index in [1.54, 1.807) is 42.5 Å².